The van der Waals surface area contributed by atoms with Gasteiger partial charge in [-0.25, -0.2) is 0 Å². The van der Waals surface area contributed by atoms with Gasteiger partial charge in [0.25, 0.3) is 0 Å². The zero-order valence-corrected chi connectivity index (χ0v) is 14.4. The molecule has 1 aromatic heterocycles. The molecule has 118 valence electrons. The van der Waals surface area contributed by atoms with Gasteiger partial charge in [-0.15, -0.1) is 10.2 Å². The molecule has 0 aliphatic heterocycles. The zero-order valence-electron chi connectivity index (χ0n) is 13.6. The van der Waals surface area contributed by atoms with Crippen molar-refractivity contribution in [1.82, 2.24) is 10.2 Å². The van der Waals surface area contributed by atoms with Crippen molar-refractivity contribution < 1.29 is 4.74 Å². The van der Waals surface area contributed by atoms with E-state index in [1.54, 1.807) is 11.3 Å². The van der Waals surface area contributed by atoms with Crippen LogP contribution in [0.3, 0.4) is 0 Å². The van der Waals surface area contributed by atoms with E-state index >= 15 is 0 Å². The van der Waals surface area contributed by atoms with Gasteiger partial charge in [-0.2, -0.15) is 0 Å². The first kappa shape index (κ1) is 15.2. The Morgan fingerprint density at radius 1 is 1.33 bits per heavy atom. The fraction of sp³-hybridized carbons (Fsp3) is 0.875. The van der Waals surface area contributed by atoms with Gasteiger partial charge < -0.3 is 10.1 Å². The van der Waals surface area contributed by atoms with Crippen molar-refractivity contribution in [2.75, 3.05) is 11.9 Å². The number of ether oxygens (including phenoxy) is 1. The highest BCUT2D eigenvalue weighted by atomic mass is 32.1. The van der Waals surface area contributed by atoms with Crippen LogP contribution in [0, 0.1) is 16.7 Å². The quantitative estimate of drug-likeness (QED) is 0.859. The van der Waals surface area contributed by atoms with E-state index in [1.807, 2.05) is 0 Å². The summed E-state index contributed by atoms with van der Waals surface area (Å²) in [6.45, 7) is 11.0. The summed E-state index contributed by atoms with van der Waals surface area (Å²) in [6.07, 6.45) is 5.36. The molecule has 0 radical (unpaired) electrons. The molecule has 0 aromatic carbocycles. The second-order valence-electron chi connectivity index (χ2n) is 7.34. The van der Waals surface area contributed by atoms with Gasteiger partial charge in [0.05, 0.1) is 6.10 Å². The minimum absolute atomic E-state index is 0.325. The summed E-state index contributed by atoms with van der Waals surface area (Å²) in [7, 11) is 0. The highest BCUT2D eigenvalue weighted by Crippen LogP contribution is 2.66. The molecular weight excluding hydrogens is 282 g/mol. The van der Waals surface area contributed by atoms with E-state index in [0.29, 0.717) is 23.5 Å². The third kappa shape index (κ3) is 2.48. The first-order chi connectivity index (χ1) is 9.97. The monoisotopic (exact) mass is 309 g/mol. The maximum atomic E-state index is 6.26. The van der Waals surface area contributed by atoms with Gasteiger partial charge in [0.1, 0.15) is 11.6 Å². The molecule has 0 spiro atoms. The van der Waals surface area contributed by atoms with E-state index in [9.17, 15) is 0 Å². The average Bonchev–Trinajstić information content (AvgIpc) is 3.04. The molecule has 2 bridgehead atoms. The lowest BCUT2D eigenvalue weighted by Crippen LogP contribution is -2.37. The highest BCUT2D eigenvalue weighted by Gasteiger charge is 2.61. The van der Waals surface area contributed by atoms with Gasteiger partial charge in [-0.1, -0.05) is 39.0 Å². The van der Waals surface area contributed by atoms with Crippen LogP contribution < -0.4 is 5.32 Å². The number of rotatable bonds is 6. The molecule has 3 rings (SSSR count). The summed E-state index contributed by atoms with van der Waals surface area (Å²) < 4.78 is 6.26. The highest BCUT2D eigenvalue weighted by molar-refractivity contribution is 7.15. The fourth-order valence-corrected chi connectivity index (χ4v) is 4.86. The lowest BCUT2D eigenvalue weighted by molar-refractivity contribution is -0.0552. The standard InChI is InChI=1S/C16H27N3OS/c1-5-8-17-14-19-18-13(21-14)10-20-12-9-11-6-7-16(12,4)15(11,2)3/h11-12H,5-10H2,1-4H3,(H,17,19). The van der Waals surface area contributed by atoms with Crippen molar-refractivity contribution in [3.63, 3.8) is 0 Å². The fourth-order valence-electron chi connectivity index (χ4n) is 4.17. The van der Waals surface area contributed by atoms with Gasteiger partial charge in [-0.05, 0) is 42.4 Å². The Balaban J connectivity index is 1.58. The van der Waals surface area contributed by atoms with E-state index < -0.39 is 0 Å². The lowest BCUT2D eigenvalue weighted by atomic mass is 9.70. The first-order valence-electron chi connectivity index (χ1n) is 8.15. The topological polar surface area (TPSA) is 47.0 Å². The number of nitrogens with zero attached hydrogens (tertiary/aromatic N) is 2. The van der Waals surface area contributed by atoms with Crippen molar-refractivity contribution in [2.24, 2.45) is 16.7 Å². The molecule has 5 heteroatoms. The predicted molar refractivity (Wildman–Crippen MR) is 86.5 cm³/mol. The van der Waals surface area contributed by atoms with E-state index in [2.05, 4.69) is 43.2 Å². The van der Waals surface area contributed by atoms with Crippen LogP contribution in [0.1, 0.15) is 58.4 Å². The van der Waals surface area contributed by atoms with Crippen molar-refractivity contribution in [3.05, 3.63) is 5.01 Å². The van der Waals surface area contributed by atoms with Crippen LogP contribution in [0.5, 0.6) is 0 Å². The van der Waals surface area contributed by atoms with Gasteiger partial charge in [0.15, 0.2) is 0 Å². The Hall–Kier alpha value is -0.680. The molecule has 2 fully saturated rings. The molecule has 2 aliphatic rings. The predicted octanol–water partition coefficient (Wildman–Crippen LogP) is 4.09. The van der Waals surface area contributed by atoms with Crippen LogP contribution in [0.4, 0.5) is 5.13 Å². The molecule has 3 unspecified atom stereocenters. The third-order valence-corrected chi connectivity index (χ3v) is 6.97. The first-order valence-corrected chi connectivity index (χ1v) is 8.97. The third-order valence-electron chi connectivity index (χ3n) is 6.12. The van der Waals surface area contributed by atoms with Crippen molar-refractivity contribution in [1.29, 1.82) is 0 Å². The van der Waals surface area contributed by atoms with Crippen LogP contribution in [0.15, 0.2) is 0 Å². The molecular formula is C16H27N3OS. The van der Waals surface area contributed by atoms with Gasteiger partial charge in [0.2, 0.25) is 5.13 Å². The van der Waals surface area contributed by atoms with Gasteiger partial charge >= 0.3 is 0 Å². The summed E-state index contributed by atoms with van der Waals surface area (Å²) in [5, 5.41) is 13.6. The van der Waals surface area contributed by atoms with Crippen LogP contribution in [-0.4, -0.2) is 22.8 Å². The van der Waals surface area contributed by atoms with Gasteiger partial charge in [0, 0.05) is 6.54 Å². The van der Waals surface area contributed by atoms with Crippen LogP contribution >= 0.6 is 11.3 Å². The van der Waals surface area contributed by atoms with Crippen LogP contribution in [0.2, 0.25) is 0 Å². The molecule has 21 heavy (non-hydrogen) atoms. The molecule has 2 aliphatic carbocycles. The smallest absolute Gasteiger partial charge is 0.205 e. The van der Waals surface area contributed by atoms with E-state index in [0.717, 1.165) is 29.0 Å². The minimum Gasteiger partial charge on any atom is -0.370 e. The Morgan fingerprint density at radius 2 is 2.14 bits per heavy atom. The maximum absolute atomic E-state index is 6.26. The minimum atomic E-state index is 0.325. The maximum Gasteiger partial charge on any atom is 0.205 e. The lowest BCUT2D eigenvalue weighted by Gasteiger charge is -2.38. The SMILES string of the molecule is CCCNc1nnc(COC2CC3CCC2(C)C3(C)C)s1. The summed E-state index contributed by atoms with van der Waals surface area (Å²) in [6, 6.07) is 0. The summed E-state index contributed by atoms with van der Waals surface area (Å²) in [4.78, 5) is 0. The molecule has 1 N–H and O–H groups in total. The van der Waals surface area contributed by atoms with Crippen molar-refractivity contribution in [3.8, 4) is 0 Å². The normalized spacial score (nSPS) is 33.5. The van der Waals surface area contributed by atoms with Gasteiger partial charge in [-0.3, -0.25) is 0 Å². The second kappa shape index (κ2) is 5.51. The largest absolute Gasteiger partial charge is 0.370 e. The number of hydrogen-bond donors (Lipinski definition) is 1. The van der Waals surface area contributed by atoms with Crippen molar-refractivity contribution >= 4 is 16.5 Å². The van der Waals surface area contributed by atoms with Crippen LogP contribution in [-0.2, 0) is 11.3 Å². The number of anilines is 1. The molecule has 0 amide bonds. The molecule has 0 saturated heterocycles. The average molecular weight is 309 g/mol. The summed E-state index contributed by atoms with van der Waals surface area (Å²) >= 11 is 1.62. The second-order valence-corrected chi connectivity index (χ2v) is 8.40. The number of fused-ring (bicyclic) bond motifs is 2. The molecule has 3 atom stereocenters. The molecule has 2 saturated carbocycles. The molecule has 4 nitrogen and oxygen atoms in total. The zero-order chi connectivity index (χ0) is 15.1. The number of hydrogen-bond acceptors (Lipinski definition) is 5. The number of aromatic nitrogens is 2. The van der Waals surface area contributed by atoms with E-state index in [1.165, 1.54) is 19.3 Å². The number of nitrogens with one attached hydrogen (secondary N) is 1. The molecule has 1 aromatic rings. The van der Waals surface area contributed by atoms with Crippen LogP contribution in [0.25, 0.3) is 0 Å². The van der Waals surface area contributed by atoms with E-state index in [4.69, 9.17) is 4.74 Å². The van der Waals surface area contributed by atoms with E-state index in [-0.39, 0.29) is 0 Å². The molecule has 1 heterocycles. The Kier molecular flexibility index (Phi) is 3.99. The Morgan fingerprint density at radius 3 is 2.76 bits per heavy atom. The summed E-state index contributed by atoms with van der Waals surface area (Å²) in [5.41, 5.74) is 0.734. The van der Waals surface area contributed by atoms with Crippen molar-refractivity contribution in [2.45, 2.75) is 66.1 Å². The summed E-state index contributed by atoms with van der Waals surface area (Å²) in [5.74, 6) is 0.823. The Labute approximate surface area is 131 Å². The Bertz CT molecular complexity index is 501.